The Hall–Kier alpha value is -0.790. The van der Waals surface area contributed by atoms with Gasteiger partial charge in [0, 0.05) is 13.1 Å². The summed E-state index contributed by atoms with van der Waals surface area (Å²) in [5.41, 5.74) is 0. The van der Waals surface area contributed by atoms with Crippen LogP contribution in [-0.4, -0.2) is 23.9 Å². The van der Waals surface area contributed by atoms with Crippen LogP contribution in [0.3, 0.4) is 0 Å². The maximum Gasteiger partial charge on any atom is 0.246 e. The molecule has 80 valence electrons. The van der Waals surface area contributed by atoms with Crippen molar-refractivity contribution in [1.29, 1.82) is 0 Å². The summed E-state index contributed by atoms with van der Waals surface area (Å²) >= 11 is 0. The maximum atomic E-state index is 11.6. The van der Waals surface area contributed by atoms with Crippen molar-refractivity contribution in [2.75, 3.05) is 13.1 Å². The number of carbonyl (C=O) groups is 1. The molecule has 1 aliphatic heterocycles. The van der Waals surface area contributed by atoms with Gasteiger partial charge < -0.3 is 4.90 Å². The van der Waals surface area contributed by atoms with E-state index in [9.17, 15) is 4.79 Å². The summed E-state index contributed by atoms with van der Waals surface area (Å²) in [6.45, 7) is 6.03. The van der Waals surface area contributed by atoms with Gasteiger partial charge in [0.15, 0.2) is 0 Å². The van der Waals surface area contributed by atoms with E-state index < -0.39 is 0 Å². The molecule has 2 nitrogen and oxygen atoms in total. The Balaban J connectivity index is 2.43. The zero-order chi connectivity index (χ0) is 10.4. The van der Waals surface area contributed by atoms with Gasteiger partial charge in [0.25, 0.3) is 0 Å². The summed E-state index contributed by atoms with van der Waals surface area (Å²) in [5.74, 6) is 0.927. The normalized spacial score (nSPS) is 23.0. The summed E-state index contributed by atoms with van der Waals surface area (Å²) in [6, 6.07) is 0. The molecule has 0 aliphatic carbocycles. The predicted molar refractivity (Wildman–Crippen MR) is 59.0 cm³/mol. The first-order valence-electron chi connectivity index (χ1n) is 5.69. The molecule has 1 atom stereocenters. The summed E-state index contributed by atoms with van der Waals surface area (Å²) in [6.07, 6.45) is 8.47. The Morgan fingerprint density at radius 2 is 2.36 bits per heavy atom. The van der Waals surface area contributed by atoms with Gasteiger partial charge in [-0.2, -0.15) is 0 Å². The van der Waals surface area contributed by atoms with Crippen molar-refractivity contribution < 1.29 is 4.79 Å². The molecule has 0 spiro atoms. The summed E-state index contributed by atoms with van der Waals surface area (Å²) in [7, 11) is 0. The lowest BCUT2D eigenvalue weighted by atomic mass is 9.94. The fourth-order valence-electron chi connectivity index (χ4n) is 2.16. The second-order valence-corrected chi connectivity index (χ2v) is 4.08. The Labute approximate surface area is 87.0 Å². The zero-order valence-corrected chi connectivity index (χ0v) is 9.33. The van der Waals surface area contributed by atoms with Crippen molar-refractivity contribution in [3.63, 3.8) is 0 Å². The topological polar surface area (TPSA) is 20.3 Å². The first-order valence-corrected chi connectivity index (χ1v) is 5.69. The lowest BCUT2D eigenvalue weighted by Gasteiger charge is -2.32. The highest BCUT2D eigenvalue weighted by molar-refractivity contribution is 5.87. The highest BCUT2D eigenvalue weighted by Gasteiger charge is 2.21. The molecule has 0 aromatic heterocycles. The van der Waals surface area contributed by atoms with Crippen molar-refractivity contribution in [2.45, 2.75) is 39.5 Å². The molecule has 14 heavy (non-hydrogen) atoms. The van der Waals surface area contributed by atoms with Crippen molar-refractivity contribution >= 4 is 5.91 Å². The third kappa shape index (κ3) is 3.17. The standard InChI is InChI=1S/C12H21NO/c1-3-6-11-8-5-9-13(10-11)12(14)7-4-2/h4,7,11H,3,5-6,8-10H2,1-2H3. The Kier molecular flexibility index (Phi) is 4.71. The molecule has 0 saturated carbocycles. The highest BCUT2D eigenvalue weighted by Crippen LogP contribution is 2.20. The van der Waals surface area contributed by atoms with Gasteiger partial charge in [0.05, 0.1) is 0 Å². The minimum Gasteiger partial charge on any atom is -0.339 e. The average Bonchev–Trinajstić information content (AvgIpc) is 2.19. The molecule has 1 rings (SSSR count). The van der Waals surface area contributed by atoms with Crippen LogP contribution in [0, 0.1) is 5.92 Å². The third-order valence-corrected chi connectivity index (χ3v) is 2.84. The van der Waals surface area contributed by atoms with E-state index in [1.54, 1.807) is 6.08 Å². The van der Waals surface area contributed by atoms with Crippen molar-refractivity contribution in [2.24, 2.45) is 5.92 Å². The molecule has 1 saturated heterocycles. The number of nitrogens with zero attached hydrogens (tertiary/aromatic N) is 1. The minimum atomic E-state index is 0.188. The van der Waals surface area contributed by atoms with Gasteiger partial charge in [-0.25, -0.2) is 0 Å². The van der Waals surface area contributed by atoms with Crippen LogP contribution >= 0.6 is 0 Å². The Morgan fingerprint density at radius 1 is 1.57 bits per heavy atom. The molecule has 1 aliphatic rings. The maximum absolute atomic E-state index is 11.6. The molecule has 1 fully saturated rings. The fourth-order valence-corrected chi connectivity index (χ4v) is 2.16. The quantitative estimate of drug-likeness (QED) is 0.634. The van der Waals surface area contributed by atoms with Crippen LogP contribution in [0.2, 0.25) is 0 Å². The lowest BCUT2D eigenvalue weighted by Crippen LogP contribution is -2.38. The third-order valence-electron chi connectivity index (χ3n) is 2.84. The second-order valence-electron chi connectivity index (χ2n) is 4.08. The van der Waals surface area contributed by atoms with Crippen LogP contribution in [0.15, 0.2) is 12.2 Å². The van der Waals surface area contributed by atoms with E-state index in [2.05, 4.69) is 6.92 Å². The van der Waals surface area contributed by atoms with Crippen molar-refractivity contribution in [3.8, 4) is 0 Å². The van der Waals surface area contributed by atoms with E-state index in [1.165, 1.54) is 25.7 Å². The molecule has 0 radical (unpaired) electrons. The minimum absolute atomic E-state index is 0.188. The SMILES string of the molecule is CC=CC(=O)N1CCCC(CCC)C1. The molecule has 1 unspecified atom stereocenters. The highest BCUT2D eigenvalue weighted by atomic mass is 16.2. The van der Waals surface area contributed by atoms with Crippen LogP contribution in [0.25, 0.3) is 0 Å². The average molecular weight is 195 g/mol. The first-order chi connectivity index (χ1) is 6.77. The van der Waals surface area contributed by atoms with Crippen molar-refractivity contribution in [3.05, 3.63) is 12.2 Å². The summed E-state index contributed by atoms with van der Waals surface area (Å²) in [5, 5.41) is 0. The number of likely N-dealkylation sites (tertiary alicyclic amines) is 1. The van der Waals surface area contributed by atoms with Gasteiger partial charge in [-0.3, -0.25) is 4.79 Å². The molecule has 1 heterocycles. The molecule has 0 N–H and O–H groups in total. The number of hydrogen-bond acceptors (Lipinski definition) is 1. The molecule has 2 heteroatoms. The summed E-state index contributed by atoms with van der Waals surface area (Å²) < 4.78 is 0. The van der Waals surface area contributed by atoms with Crippen molar-refractivity contribution in [1.82, 2.24) is 4.90 Å². The number of carbonyl (C=O) groups excluding carboxylic acids is 1. The van der Waals surface area contributed by atoms with Gasteiger partial charge >= 0.3 is 0 Å². The van der Waals surface area contributed by atoms with E-state index in [0.717, 1.165) is 19.0 Å². The Morgan fingerprint density at radius 3 is 3.00 bits per heavy atom. The Bertz CT molecular complexity index is 208. The van der Waals surface area contributed by atoms with Crippen LogP contribution in [0.4, 0.5) is 0 Å². The summed E-state index contributed by atoms with van der Waals surface area (Å²) in [4.78, 5) is 13.6. The number of piperidine rings is 1. The molecule has 0 bridgehead atoms. The van der Waals surface area contributed by atoms with Crippen LogP contribution in [0.5, 0.6) is 0 Å². The molecule has 0 aromatic rings. The van der Waals surface area contributed by atoms with Gasteiger partial charge in [-0.1, -0.05) is 19.4 Å². The molecule has 0 aromatic carbocycles. The number of rotatable bonds is 3. The first kappa shape index (κ1) is 11.3. The van der Waals surface area contributed by atoms with Gasteiger partial charge in [-0.05, 0) is 38.2 Å². The van der Waals surface area contributed by atoms with Gasteiger partial charge in [0.2, 0.25) is 5.91 Å². The van der Waals surface area contributed by atoms with Gasteiger partial charge in [0.1, 0.15) is 0 Å². The van der Waals surface area contributed by atoms with Gasteiger partial charge in [-0.15, -0.1) is 0 Å². The number of hydrogen-bond donors (Lipinski definition) is 0. The zero-order valence-electron chi connectivity index (χ0n) is 9.33. The molecule has 1 amide bonds. The predicted octanol–water partition coefficient (Wildman–Crippen LogP) is 2.60. The van der Waals surface area contributed by atoms with E-state index in [0.29, 0.717) is 0 Å². The molecular weight excluding hydrogens is 174 g/mol. The van der Waals surface area contributed by atoms with E-state index in [1.807, 2.05) is 17.9 Å². The monoisotopic (exact) mass is 195 g/mol. The second kappa shape index (κ2) is 5.84. The van der Waals surface area contributed by atoms with E-state index >= 15 is 0 Å². The van der Waals surface area contributed by atoms with Crippen LogP contribution in [0.1, 0.15) is 39.5 Å². The number of amides is 1. The number of allylic oxidation sites excluding steroid dienone is 1. The molecular formula is C12H21NO. The smallest absolute Gasteiger partial charge is 0.246 e. The van der Waals surface area contributed by atoms with E-state index in [-0.39, 0.29) is 5.91 Å². The lowest BCUT2D eigenvalue weighted by molar-refractivity contribution is -0.127. The largest absolute Gasteiger partial charge is 0.339 e. The van der Waals surface area contributed by atoms with Crippen LogP contribution in [-0.2, 0) is 4.79 Å². The van der Waals surface area contributed by atoms with Crippen LogP contribution < -0.4 is 0 Å². The van der Waals surface area contributed by atoms with E-state index in [4.69, 9.17) is 0 Å². The fraction of sp³-hybridized carbons (Fsp3) is 0.750.